The van der Waals surface area contributed by atoms with Gasteiger partial charge in [0, 0.05) is 48.5 Å². The average molecular weight is 476 g/mol. The van der Waals surface area contributed by atoms with Crippen LogP contribution in [0.25, 0.3) is 11.3 Å². The first-order valence-electron chi connectivity index (χ1n) is 11.9. The zero-order chi connectivity index (χ0) is 24.5. The molecule has 9 heteroatoms. The molecule has 0 saturated carbocycles. The third-order valence-corrected chi connectivity index (χ3v) is 5.66. The topological polar surface area (TPSA) is 94.7 Å². The summed E-state index contributed by atoms with van der Waals surface area (Å²) in [6.07, 6.45) is 2.64. The Bertz CT molecular complexity index is 1080. The number of urea groups is 1. The third-order valence-electron chi connectivity index (χ3n) is 5.66. The highest BCUT2D eigenvalue weighted by atomic mass is 16.5. The van der Waals surface area contributed by atoms with Crippen LogP contribution in [0.5, 0.6) is 0 Å². The number of amides is 2. The summed E-state index contributed by atoms with van der Waals surface area (Å²) in [5, 5.41) is 9.01. The molecule has 35 heavy (non-hydrogen) atoms. The molecular weight excluding hydrogens is 442 g/mol. The van der Waals surface area contributed by atoms with E-state index in [0.29, 0.717) is 12.5 Å². The van der Waals surface area contributed by atoms with Crippen LogP contribution in [0.4, 0.5) is 27.8 Å². The molecule has 3 N–H and O–H groups in total. The summed E-state index contributed by atoms with van der Waals surface area (Å²) in [5.41, 5.74) is 4.58. The van der Waals surface area contributed by atoms with E-state index in [0.717, 1.165) is 61.9 Å². The van der Waals surface area contributed by atoms with Crippen molar-refractivity contribution in [2.24, 2.45) is 0 Å². The minimum atomic E-state index is -0.204. The maximum atomic E-state index is 12.1. The van der Waals surface area contributed by atoms with Gasteiger partial charge in [0.1, 0.15) is 0 Å². The Morgan fingerprint density at radius 1 is 1.00 bits per heavy atom. The molecule has 1 fully saturated rings. The standard InChI is InChI=1S/C26H33N7O2/c1-32(2)15-3-13-28-26(34)30-22-6-4-20(5-7-22)24-12-14-27-25(31-24)29-21-8-10-23(11-9-21)33-16-18-35-19-17-33/h4-12,14H,3,13,15-19H2,1-2H3,(H,27,29,31)(H2,28,30,34). The van der Waals surface area contributed by atoms with Crippen LogP contribution in [-0.4, -0.2) is 74.4 Å². The number of ether oxygens (including phenoxy) is 1. The number of carbonyl (C=O) groups excluding carboxylic acids is 1. The Morgan fingerprint density at radius 3 is 2.43 bits per heavy atom. The van der Waals surface area contributed by atoms with E-state index in [1.807, 2.05) is 56.6 Å². The number of morpholine rings is 1. The predicted octanol–water partition coefficient (Wildman–Crippen LogP) is 3.80. The van der Waals surface area contributed by atoms with Crippen molar-refractivity contribution in [3.63, 3.8) is 0 Å². The van der Waals surface area contributed by atoms with Gasteiger partial charge in [0.2, 0.25) is 5.95 Å². The Balaban J connectivity index is 1.32. The summed E-state index contributed by atoms with van der Waals surface area (Å²) in [5.74, 6) is 0.529. The fourth-order valence-electron chi connectivity index (χ4n) is 3.78. The number of rotatable bonds is 9. The maximum Gasteiger partial charge on any atom is 0.319 e. The number of aromatic nitrogens is 2. The van der Waals surface area contributed by atoms with Gasteiger partial charge in [-0.25, -0.2) is 14.8 Å². The number of hydrogen-bond acceptors (Lipinski definition) is 7. The summed E-state index contributed by atoms with van der Waals surface area (Å²) < 4.78 is 5.43. The van der Waals surface area contributed by atoms with Crippen LogP contribution in [0, 0.1) is 0 Å². The number of hydrogen-bond donors (Lipinski definition) is 3. The van der Waals surface area contributed by atoms with E-state index in [1.165, 1.54) is 5.69 Å². The quantitative estimate of drug-likeness (QED) is 0.405. The van der Waals surface area contributed by atoms with E-state index >= 15 is 0 Å². The molecule has 3 aromatic rings. The lowest BCUT2D eigenvalue weighted by Crippen LogP contribution is -2.36. The second-order valence-corrected chi connectivity index (χ2v) is 8.65. The maximum absolute atomic E-state index is 12.1. The minimum Gasteiger partial charge on any atom is -0.378 e. The van der Waals surface area contributed by atoms with E-state index in [-0.39, 0.29) is 6.03 Å². The Kier molecular flexibility index (Phi) is 8.48. The van der Waals surface area contributed by atoms with Gasteiger partial charge in [-0.05, 0) is 69.5 Å². The molecular formula is C26H33N7O2. The lowest BCUT2D eigenvalue weighted by Gasteiger charge is -2.28. The molecule has 0 aliphatic carbocycles. The molecule has 4 rings (SSSR count). The first-order chi connectivity index (χ1) is 17.1. The molecule has 0 unspecified atom stereocenters. The van der Waals surface area contributed by atoms with Crippen LogP contribution in [-0.2, 0) is 4.74 Å². The number of anilines is 4. The predicted molar refractivity (Wildman–Crippen MR) is 140 cm³/mol. The molecule has 184 valence electrons. The summed E-state index contributed by atoms with van der Waals surface area (Å²) in [6.45, 7) is 4.92. The van der Waals surface area contributed by atoms with Crippen molar-refractivity contribution in [1.82, 2.24) is 20.2 Å². The van der Waals surface area contributed by atoms with Crippen LogP contribution in [0.3, 0.4) is 0 Å². The lowest BCUT2D eigenvalue weighted by atomic mass is 10.1. The Hall–Kier alpha value is -3.69. The van der Waals surface area contributed by atoms with Crippen LogP contribution in [0.1, 0.15) is 6.42 Å². The molecule has 1 aliphatic heterocycles. The number of nitrogens with zero attached hydrogens (tertiary/aromatic N) is 4. The first kappa shape index (κ1) is 24.4. The Labute approximate surface area is 206 Å². The number of benzene rings is 2. The fourth-order valence-corrected chi connectivity index (χ4v) is 3.78. The van der Waals surface area contributed by atoms with Crippen molar-refractivity contribution in [3.8, 4) is 11.3 Å². The van der Waals surface area contributed by atoms with Gasteiger partial charge in [-0.1, -0.05) is 12.1 Å². The molecule has 0 spiro atoms. The zero-order valence-electron chi connectivity index (χ0n) is 20.3. The number of nitrogens with one attached hydrogen (secondary N) is 3. The molecule has 1 aromatic heterocycles. The minimum absolute atomic E-state index is 0.204. The SMILES string of the molecule is CN(C)CCCNC(=O)Nc1ccc(-c2ccnc(Nc3ccc(N4CCOCC4)cc3)n2)cc1. The highest BCUT2D eigenvalue weighted by Gasteiger charge is 2.11. The lowest BCUT2D eigenvalue weighted by molar-refractivity contribution is 0.122. The summed E-state index contributed by atoms with van der Waals surface area (Å²) in [6, 6.07) is 17.5. The second kappa shape index (κ2) is 12.1. The van der Waals surface area contributed by atoms with Crippen molar-refractivity contribution in [1.29, 1.82) is 0 Å². The summed E-state index contributed by atoms with van der Waals surface area (Å²) >= 11 is 0. The van der Waals surface area contributed by atoms with Gasteiger partial charge in [0.25, 0.3) is 0 Å². The second-order valence-electron chi connectivity index (χ2n) is 8.65. The third kappa shape index (κ3) is 7.40. The van der Waals surface area contributed by atoms with E-state index < -0.39 is 0 Å². The Morgan fingerprint density at radius 2 is 1.71 bits per heavy atom. The van der Waals surface area contributed by atoms with Gasteiger partial charge < -0.3 is 30.5 Å². The average Bonchev–Trinajstić information content (AvgIpc) is 2.88. The fraction of sp³-hybridized carbons (Fsp3) is 0.346. The van der Waals surface area contributed by atoms with Crippen molar-refractivity contribution < 1.29 is 9.53 Å². The molecule has 0 atom stereocenters. The van der Waals surface area contributed by atoms with Crippen molar-refractivity contribution >= 4 is 29.0 Å². The normalized spacial score (nSPS) is 13.5. The highest BCUT2D eigenvalue weighted by Crippen LogP contribution is 2.23. The smallest absolute Gasteiger partial charge is 0.319 e. The monoisotopic (exact) mass is 475 g/mol. The van der Waals surface area contributed by atoms with Gasteiger partial charge in [0.15, 0.2) is 0 Å². The van der Waals surface area contributed by atoms with Crippen LogP contribution in [0.2, 0.25) is 0 Å². The zero-order valence-corrected chi connectivity index (χ0v) is 20.3. The van der Waals surface area contributed by atoms with Gasteiger partial charge >= 0.3 is 6.03 Å². The first-order valence-corrected chi connectivity index (χ1v) is 11.9. The van der Waals surface area contributed by atoms with E-state index in [1.54, 1.807) is 6.20 Å². The van der Waals surface area contributed by atoms with Crippen LogP contribution >= 0.6 is 0 Å². The molecule has 9 nitrogen and oxygen atoms in total. The molecule has 2 aromatic carbocycles. The van der Waals surface area contributed by atoms with E-state index in [9.17, 15) is 4.79 Å². The molecule has 0 radical (unpaired) electrons. The molecule has 1 aliphatic rings. The molecule has 2 heterocycles. The summed E-state index contributed by atoms with van der Waals surface area (Å²) in [7, 11) is 4.03. The van der Waals surface area contributed by atoms with Crippen molar-refractivity contribution in [2.75, 3.05) is 69.0 Å². The van der Waals surface area contributed by atoms with Gasteiger partial charge in [-0.15, -0.1) is 0 Å². The number of carbonyl (C=O) groups is 1. The van der Waals surface area contributed by atoms with Gasteiger partial charge in [-0.3, -0.25) is 0 Å². The molecule has 1 saturated heterocycles. The highest BCUT2D eigenvalue weighted by molar-refractivity contribution is 5.89. The van der Waals surface area contributed by atoms with E-state index in [4.69, 9.17) is 4.74 Å². The summed E-state index contributed by atoms with van der Waals surface area (Å²) in [4.78, 5) is 25.5. The van der Waals surface area contributed by atoms with Crippen LogP contribution in [0.15, 0.2) is 60.8 Å². The van der Waals surface area contributed by atoms with Gasteiger partial charge in [-0.2, -0.15) is 0 Å². The van der Waals surface area contributed by atoms with Crippen LogP contribution < -0.4 is 20.9 Å². The largest absolute Gasteiger partial charge is 0.378 e. The van der Waals surface area contributed by atoms with E-state index in [2.05, 4.69) is 47.9 Å². The molecule has 2 amide bonds. The van der Waals surface area contributed by atoms with Crippen molar-refractivity contribution in [3.05, 3.63) is 60.8 Å². The molecule has 0 bridgehead atoms. The van der Waals surface area contributed by atoms with Gasteiger partial charge in [0.05, 0.1) is 18.9 Å². The van der Waals surface area contributed by atoms with Crippen molar-refractivity contribution in [2.45, 2.75) is 6.42 Å².